The van der Waals surface area contributed by atoms with Crippen LogP contribution in [0.1, 0.15) is 27.9 Å². The van der Waals surface area contributed by atoms with Crippen LogP contribution in [0.4, 0.5) is 0 Å². The van der Waals surface area contributed by atoms with Gasteiger partial charge in [0.05, 0.1) is 11.4 Å². The molecule has 118 valence electrons. The predicted octanol–water partition coefficient (Wildman–Crippen LogP) is 2.27. The van der Waals surface area contributed by atoms with Gasteiger partial charge in [0.1, 0.15) is 11.6 Å². The predicted molar refractivity (Wildman–Crippen MR) is 84.1 cm³/mol. The second-order valence-corrected chi connectivity index (χ2v) is 6.39. The SMILES string of the molecule is Cc1oc(-c2cccs2)nc1C(=O)N1CCn2c(C)nnc2C1. The number of carbonyl (C=O) groups is 1. The summed E-state index contributed by atoms with van der Waals surface area (Å²) >= 11 is 1.54. The van der Waals surface area contributed by atoms with Crippen molar-refractivity contribution in [3.05, 3.63) is 40.6 Å². The van der Waals surface area contributed by atoms with Gasteiger partial charge in [-0.25, -0.2) is 4.98 Å². The van der Waals surface area contributed by atoms with Gasteiger partial charge in [0, 0.05) is 13.1 Å². The minimum atomic E-state index is -0.124. The fraction of sp³-hybridized carbons (Fsp3) is 0.333. The number of aromatic nitrogens is 4. The number of rotatable bonds is 2. The minimum Gasteiger partial charge on any atom is -0.440 e. The van der Waals surface area contributed by atoms with E-state index in [1.807, 2.05) is 29.0 Å². The second-order valence-electron chi connectivity index (χ2n) is 5.44. The van der Waals surface area contributed by atoms with Crippen molar-refractivity contribution in [3.63, 3.8) is 0 Å². The molecule has 0 N–H and O–H groups in total. The number of thiophene rings is 1. The first kappa shape index (κ1) is 14.1. The molecule has 0 radical (unpaired) electrons. The topological polar surface area (TPSA) is 77.0 Å². The maximum atomic E-state index is 12.8. The van der Waals surface area contributed by atoms with E-state index in [1.54, 1.807) is 11.8 Å². The summed E-state index contributed by atoms with van der Waals surface area (Å²) < 4.78 is 7.70. The Hall–Kier alpha value is -2.48. The maximum Gasteiger partial charge on any atom is 0.276 e. The van der Waals surface area contributed by atoms with Crippen LogP contribution in [0.5, 0.6) is 0 Å². The van der Waals surface area contributed by atoms with E-state index >= 15 is 0 Å². The van der Waals surface area contributed by atoms with Gasteiger partial charge in [0.25, 0.3) is 5.91 Å². The molecule has 4 heterocycles. The number of oxazole rings is 1. The van der Waals surface area contributed by atoms with Crippen molar-refractivity contribution in [2.45, 2.75) is 26.9 Å². The molecular weight excluding hydrogens is 314 g/mol. The van der Waals surface area contributed by atoms with Crippen molar-refractivity contribution in [1.29, 1.82) is 0 Å². The molecule has 0 aromatic carbocycles. The Kier molecular flexibility index (Phi) is 3.26. The average Bonchev–Trinajstić information content (AvgIpc) is 3.27. The summed E-state index contributed by atoms with van der Waals surface area (Å²) in [6.07, 6.45) is 0. The monoisotopic (exact) mass is 329 g/mol. The maximum absolute atomic E-state index is 12.8. The van der Waals surface area contributed by atoms with Crippen LogP contribution in [0, 0.1) is 13.8 Å². The van der Waals surface area contributed by atoms with Crippen LogP contribution in [-0.4, -0.2) is 37.1 Å². The molecule has 0 atom stereocenters. The molecule has 1 aliphatic heterocycles. The molecular formula is C15H15N5O2S. The van der Waals surface area contributed by atoms with E-state index in [4.69, 9.17) is 4.42 Å². The van der Waals surface area contributed by atoms with Crippen LogP contribution in [0.25, 0.3) is 10.8 Å². The lowest BCUT2D eigenvalue weighted by molar-refractivity contribution is 0.0699. The quantitative estimate of drug-likeness (QED) is 0.721. The second kappa shape index (κ2) is 5.31. The molecule has 1 amide bonds. The van der Waals surface area contributed by atoms with Gasteiger partial charge in [-0.05, 0) is 25.3 Å². The van der Waals surface area contributed by atoms with Crippen molar-refractivity contribution in [3.8, 4) is 10.8 Å². The molecule has 23 heavy (non-hydrogen) atoms. The molecule has 0 bridgehead atoms. The largest absolute Gasteiger partial charge is 0.440 e. The van der Waals surface area contributed by atoms with E-state index in [-0.39, 0.29) is 5.91 Å². The Morgan fingerprint density at radius 3 is 2.96 bits per heavy atom. The zero-order chi connectivity index (χ0) is 16.0. The summed E-state index contributed by atoms with van der Waals surface area (Å²) in [5.74, 6) is 2.60. The van der Waals surface area contributed by atoms with Crippen LogP contribution in [0.2, 0.25) is 0 Å². The molecule has 0 spiro atoms. The fourth-order valence-electron chi connectivity index (χ4n) is 2.73. The van der Waals surface area contributed by atoms with Gasteiger partial charge in [0.15, 0.2) is 11.5 Å². The standard InChI is InChI=1S/C15H15N5O2S/c1-9-13(16-14(22-9)11-4-3-7-23-11)15(21)19-5-6-20-10(2)17-18-12(20)8-19/h3-4,7H,5-6,8H2,1-2H3. The highest BCUT2D eigenvalue weighted by Gasteiger charge is 2.28. The molecule has 3 aromatic heterocycles. The highest BCUT2D eigenvalue weighted by atomic mass is 32.1. The first-order valence-electron chi connectivity index (χ1n) is 7.33. The smallest absolute Gasteiger partial charge is 0.276 e. The summed E-state index contributed by atoms with van der Waals surface area (Å²) in [5.41, 5.74) is 0.373. The van der Waals surface area contributed by atoms with Gasteiger partial charge in [0.2, 0.25) is 5.89 Å². The molecule has 0 unspecified atom stereocenters. The van der Waals surface area contributed by atoms with Gasteiger partial charge in [-0.2, -0.15) is 0 Å². The van der Waals surface area contributed by atoms with E-state index in [0.717, 1.165) is 16.5 Å². The lowest BCUT2D eigenvalue weighted by Gasteiger charge is -2.27. The molecule has 0 saturated heterocycles. The zero-order valence-electron chi connectivity index (χ0n) is 12.8. The highest BCUT2D eigenvalue weighted by Crippen LogP contribution is 2.27. The van der Waals surface area contributed by atoms with Crippen molar-refractivity contribution in [1.82, 2.24) is 24.6 Å². The van der Waals surface area contributed by atoms with Crippen LogP contribution < -0.4 is 0 Å². The lowest BCUT2D eigenvalue weighted by Crippen LogP contribution is -2.39. The molecule has 0 saturated carbocycles. The summed E-state index contributed by atoms with van der Waals surface area (Å²) in [6.45, 7) is 5.46. The average molecular weight is 329 g/mol. The van der Waals surface area contributed by atoms with Crippen LogP contribution >= 0.6 is 11.3 Å². The lowest BCUT2D eigenvalue weighted by atomic mass is 10.2. The Balaban J connectivity index is 1.60. The molecule has 7 nitrogen and oxygen atoms in total. The van der Waals surface area contributed by atoms with Crippen molar-refractivity contribution in [2.24, 2.45) is 0 Å². The van der Waals surface area contributed by atoms with E-state index in [2.05, 4.69) is 15.2 Å². The third-order valence-electron chi connectivity index (χ3n) is 3.96. The van der Waals surface area contributed by atoms with E-state index in [0.29, 0.717) is 37.0 Å². The summed E-state index contributed by atoms with van der Waals surface area (Å²) in [5, 5.41) is 10.1. The van der Waals surface area contributed by atoms with Crippen LogP contribution in [0.15, 0.2) is 21.9 Å². The Morgan fingerprint density at radius 2 is 2.17 bits per heavy atom. The van der Waals surface area contributed by atoms with Crippen LogP contribution in [0.3, 0.4) is 0 Å². The number of carbonyl (C=O) groups excluding carboxylic acids is 1. The molecule has 0 aliphatic carbocycles. The van der Waals surface area contributed by atoms with Gasteiger partial charge < -0.3 is 13.9 Å². The van der Waals surface area contributed by atoms with Crippen molar-refractivity contribution in [2.75, 3.05) is 6.54 Å². The number of nitrogens with zero attached hydrogens (tertiary/aromatic N) is 5. The molecule has 8 heteroatoms. The molecule has 3 aromatic rings. The van der Waals surface area contributed by atoms with Crippen molar-refractivity contribution < 1.29 is 9.21 Å². The van der Waals surface area contributed by atoms with Gasteiger partial charge in [-0.3, -0.25) is 4.79 Å². The molecule has 0 fully saturated rings. The molecule has 4 rings (SSSR count). The first-order chi connectivity index (χ1) is 11.1. The summed E-state index contributed by atoms with van der Waals surface area (Å²) in [6, 6.07) is 3.86. The minimum absolute atomic E-state index is 0.124. The number of hydrogen-bond acceptors (Lipinski definition) is 6. The summed E-state index contributed by atoms with van der Waals surface area (Å²) in [7, 11) is 0. The highest BCUT2D eigenvalue weighted by molar-refractivity contribution is 7.13. The normalized spacial score (nSPS) is 14.1. The van der Waals surface area contributed by atoms with E-state index in [1.165, 1.54) is 11.3 Å². The van der Waals surface area contributed by atoms with Gasteiger partial charge in [-0.1, -0.05) is 6.07 Å². The van der Waals surface area contributed by atoms with Crippen molar-refractivity contribution >= 4 is 17.2 Å². The first-order valence-corrected chi connectivity index (χ1v) is 8.20. The number of amides is 1. The number of hydrogen-bond donors (Lipinski definition) is 0. The number of fused-ring (bicyclic) bond motifs is 1. The van der Waals surface area contributed by atoms with Gasteiger partial charge >= 0.3 is 0 Å². The van der Waals surface area contributed by atoms with E-state index < -0.39 is 0 Å². The Labute approximate surface area is 136 Å². The van der Waals surface area contributed by atoms with Crippen LogP contribution in [-0.2, 0) is 13.1 Å². The third kappa shape index (κ3) is 2.35. The van der Waals surface area contributed by atoms with Gasteiger partial charge in [-0.15, -0.1) is 21.5 Å². The molecule has 1 aliphatic rings. The third-order valence-corrected chi connectivity index (χ3v) is 4.81. The Bertz CT molecular complexity index is 865. The Morgan fingerprint density at radius 1 is 1.30 bits per heavy atom. The number of aryl methyl sites for hydroxylation is 2. The van der Waals surface area contributed by atoms with E-state index in [9.17, 15) is 4.79 Å². The fourth-order valence-corrected chi connectivity index (χ4v) is 3.38. The zero-order valence-corrected chi connectivity index (χ0v) is 13.6. The summed E-state index contributed by atoms with van der Waals surface area (Å²) in [4.78, 5) is 19.8.